The molecule has 0 spiro atoms. The van der Waals surface area contributed by atoms with Crippen molar-refractivity contribution in [1.29, 1.82) is 0 Å². The molecule has 0 bridgehead atoms. The molecular weight excluding hydrogens is 274 g/mol. The summed E-state index contributed by atoms with van der Waals surface area (Å²) in [4.78, 5) is 8.26. The molecule has 2 aromatic heterocycles. The van der Waals surface area contributed by atoms with Crippen molar-refractivity contribution >= 4 is 11.6 Å². The molecule has 0 amide bonds. The van der Waals surface area contributed by atoms with Crippen LogP contribution < -0.4 is 10.1 Å². The number of hydrogen-bond donors (Lipinski definition) is 1. The number of ether oxygens (including phenoxy) is 1. The van der Waals surface area contributed by atoms with E-state index in [1.54, 1.807) is 18.5 Å². The summed E-state index contributed by atoms with van der Waals surface area (Å²) in [6, 6.07) is 5.84. The number of aromatic nitrogens is 2. The highest BCUT2D eigenvalue weighted by molar-refractivity contribution is 6.30. The van der Waals surface area contributed by atoms with Crippen LogP contribution in [0.2, 0.25) is 5.02 Å². The molecule has 106 valence electrons. The van der Waals surface area contributed by atoms with Crippen molar-refractivity contribution in [2.24, 2.45) is 0 Å². The first-order chi connectivity index (χ1) is 9.69. The molecule has 20 heavy (non-hydrogen) atoms. The van der Waals surface area contributed by atoms with Gasteiger partial charge in [-0.1, -0.05) is 24.6 Å². The highest BCUT2D eigenvalue weighted by Crippen LogP contribution is 2.22. The zero-order valence-corrected chi connectivity index (χ0v) is 12.4. The van der Waals surface area contributed by atoms with E-state index in [0.717, 1.165) is 18.5 Å². The topological polar surface area (TPSA) is 47.0 Å². The Kier molecular flexibility index (Phi) is 5.32. The Hall–Kier alpha value is -1.65. The Labute approximate surface area is 124 Å². The van der Waals surface area contributed by atoms with Crippen molar-refractivity contribution in [3.8, 4) is 11.6 Å². The van der Waals surface area contributed by atoms with Gasteiger partial charge in [-0.05, 0) is 25.5 Å². The lowest BCUT2D eigenvalue weighted by Crippen LogP contribution is -2.19. The maximum absolute atomic E-state index is 5.86. The molecule has 1 unspecified atom stereocenters. The third-order valence-electron chi connectivity index (χ3n) is 2.86. The van der Waals surface area contributed by atoms with E-state index in [9.17, 15) is 0 Å². The van der Waals surface area contributed by atoms with Crippen LogP contribution in [0.4, 0.5) is 0 Å². The molecule has 0 aliphatic heterocycles. The van der Waals surface area contributed by atoms with Gasteiger partial charge in [-0.25, -0.2) is 4.98 Å². The van der Waals surface area contributed by atoms with Crippen LogP contribution in [0.3, 0.4) is 0 Å². The first-order valence-corrected chi connectivity index (χ1v) is 7.04. The fourth-order valence-corrected chi connectivity index (χ4v) is 1.92. The van der Waals surface area contributed by atoms with Gasteiger partial charge in [-0.2, -0.15) is 0 Å². The molecule has 0 saturated carbocycles. The average molecular weight is 292 g/mol. The highest BCUT2D eigenvalue weighted by Gasteiger charge is 2.06. The molecular formula is C15H18ClN3O. The summed E-state index contributed by atoms with van der Waals surface area (Å²) >= 11 is 5.86. The smallest absolute Gasteiger partial charge is 0.219 e. The average Bonchev–Trinajstić information content (AvgIpc) is 2.45. The van der Waals surface area contributed by atoms with Crippen molar-refractivity contribution in [1.82, 2.24) is 15.3 Å². The molecule has 0 aliphatic rings. The van der Waals surface area contributed by atoms with Crippen LogP contribution in [0.1, 0.15) is 31.9 Å². The van der Waals surface area contributed by atoms with Crippen molar-refractivity contribution in [2.75, 3.05) is 6.54 Å². The van der Waals surface area contributed by atoms with Gasteiger partial charge in [0.2, 0.25) is 5.88 Å². The van der Waals surface area contributed by atoms with Gasteiger partial charge in [0, 0.05) is 30.6 Å². The summed E-state index contributed by atoms with van der Waals surface area (Å²) in [7, 11) is 0. The minimum Gasteiger partial charge on any atom is -0.437 e. The lowest BCUT2D eigenvalue weighted by molar-refractivity contribution is 0.459. The molecule has 4 nitrogen and oxygen atoms in total. The van der Waals surface area contributed by atoms with E-state index in [1.165, 1.54) is 0 Å². The van der Waals surface area contributed by atoms with Gasteiger partial charge in [0.05, 0.1) is 11.2 Å². The normalized spacial score (nSPS) is 12.2. The summed E-state index contributed by atoms with van der Waals surface area (Å²) in [6.45, 7) is 5.26. The standard InChI is InChI=1S/C15H18ClN3O/c1-3-6-18-11(2)12-4-5-15(19-8-12)20-14-7-13(16)9-17-10-14/h4-5,7-11,18H,3,6H2,1-2H3. The fraction of sp³-hybridized carbons (Fsp3) is 0.333. The molecule has 1 N–H and O–H groups in total. The van der Waals surface area contributed by atoms with Crippen LogP contribution >= 0.6 is 11.6 Å². The lowest BCUT2D eigenvalue weighted by atomic mass is 10.1. The zero-order chi connectivity index (χ0) is 14.4. The molecule has 2 heterocycles. The molecule has 0 saturated heterocycles. The van der Waals surface area contributed by atoms with Crippen molar-refractivity contribution in [2.45, 2.75) is 26.3 Å². The number of hydrogen-bond acceptors (Lipinski definition) is 4. The Balaban J connectivity index is 2.01. The second-order valence-electron chi connectivity index (χ2n) is 4.55. The first kappa shape index (κ1) is 14.8. The molecule has 5 heteroatoms. The van der Waals surface area contributed by atoms with Gasteiger partial charge in [0.15, 0.2) is 0 Å². The number of halogens is 1. The number of pyridine rings is 2. The van der Waals surface area contributed by atoms with E-state index in [-0.39, 0.29) is 6.04 Å². The monoisotopic (exact) mass is 291 g/mol. The largest absolute Gasteiger partial charge is 0.437 e. The first-order valence-electron chi connectivity index (χ1n) is 6.66. The van der Waals surface area contributed by atoms with Crippen molar-refractivity contribution in [3.05, 3.63) is 47.4 Å². The summed E-state index contributed by atoms with van der Waals surface area (Å²) in [5, 5.41) is 3.96. The summed E-state index contributed by atoms with van der Waals surface area (Å²) in [6.07, 6.45) is 6.10. The van der Waals surface area contributed by atoms with E-state index in [1.807, 2.05) is 18.3 Å². The second-order valence-corrected chi connectivity index (χ2v) is 4.98. The summed E-state index contributed by atoms with van der Waals surface area (Å²) < 4.78 is 5.60. The highest BCUT2D eigenvalue weighted by atomic mass is 35.5. The second kappa shape index (κ2) is 7.22. The van der Waals surface area contributed by atoms with E-state index in [4.69, 9.17) is 16.3 Å². The Morgan fingerprint density at radius 2 is 2.15 bits per heavy atom. The Morgan fingerprint density at radius 1 is 1.30 bits per heavy atom. The predicted octanol–water partition coefficient (Wildman–Crippen LogP) is 3.98. The molecule has 0 radical (unpaired) electrons. The predicted molar refractivity (Wildman–Crippen MR) is 80.3 cm³/mol. The van der Waals surface area contributed by atoms with Gasteiger partial charge in [-0.3, -0.25) is 4.98 Å². The van der Waals surface area contributed by atoms with Crippen molar-refractivity contribution < 1.29 is 4.74 Å². The van der Waals surface area contributed by atoms with Crippen LogP contribution in [0.5, 0.6) is 11.6 Å². The van der Waals surface area contributed by atoms with Gasteiger partial charge in [0.25, 0.3) is 0 Å². The van der Waals surface area contributed by atoms with Crippen LogP contribution in [0.15, 0.2) is 36.8 Å². The fourth-order valence-electron chi connectivity index (χ4n) is 1.76. The summed E-state index contributed by atoms with van der Waals surface area (Å²) in [5.41, 5.74) is 1.13. The Bertz CT molecular complexity index is 545. The third-order valence-corrected chi connectivity index (χ3v) is 3.07. The van der Waals surface area contributed by atoms with Gasteiger partial charge >= 0.3 is 0 Å². The minimum atomic E-state index is 0.282. The quantitative estimate of drug-likeness (QED) is 0.874. The molecule has 2 rings (SSSR count). The van der Waals surface area contributed by atoms with Crippen LogP contribution in [0.25, 0.3) is 0 Å². The van der Waals surface area contributed by atoms with Crippen LogP contribution in [-0.4, -0.2) is 16.5 Å². The third kappa shape index (κ3) is 4.18. The van der Waals surface area contributed by atoms with E-state index >= 15 is 0 Å². The zero-order valence-electron chi connectivity index (χ0n) is 11.6. The number of nitrogens with one attached hydrogen (secondary N) is 1. The molecule has 2 aromatic rings. The van der Waals surface area contributed by atoms with Gasteiger partial charge in [-0.15, -0.1) is 0 Å². The molecule has 0 aliphatic carbocycles. The lowest BCUT2D eigenvalue weighted by Gasteiger charge is -2.13. The van der Waals surface area contributed by atoms with Crippen LogP contribution in [-0.2, 0) is 0 Å². The molecule has 0 aromatic carbocycles. The van der Waals surface area contributed by atoms with Gasteiger partial charge in [0.1, 0.15) is 5.75 Å². The number of rotatable bonds is 6. The van der Waals surface area contributed by atoms with E-state index in [2.05, 4.69) is 29.1 Å². The Morgan fingerprint density at radius 3 is 2.80 bits per heavy atom. The van der Waals surface area contributed by atoms with E-state index in [0.29, 0.717) is 16.7 Å². The number of nitrogens with zero attached hydrogens (tertiary/aromatic N) is 2. The maximum atomic E-state index is 5.86. The molecule has 0 fully saturated rings. The van der Waals surface area contributed by atoms with Gasteiger partial charge < -0.3 is 10.1 Å². The minimum absolute atomic E-state index is 0.282. The molecule has 1 atom stereocenters. The SMILES string of the molecule is CCCNC(C)c1ccc(Oc2cncc(Cl)c2)nc1. The summed E-state index contributed by atoms with van der Waals surface area (Å²) in [5.74, 6) is 1.11. The maximum Gasteiger partial charge on any atom is 0.219 e. The van der Waals surface area contributed by atoms with Crippen molar-refractivity contribution in [3.63, 3.8) is 0 Å². The van der Waals surface area contributed by atoms with E-state index < -0.39 is 0 Å². The van der Waals surface area contributed by atoms with Crippen LogP contribution in [0, 0.1) is 0 Å².